The number of nitrogens with one attached hydrogen (secondary N) is 1. The molecule has 1 amide bonds. The van der Waals surface area contributed by atoms with E-state index in [1.54, 1.807) is 61.7 Å². The summed E-state index contributed by atoms with van der Waals surface area (Å²) in [7, 11) is 1.55. The topological polar surface area (TPSA) is 59.9 Å². The number of methoxy groups -OCH3 is 1. The molecule has 0 unspecified atom stereocenters. The van der Waals surface area contributed by atoms with Crippen LogP contribution in [0.15, 0.2) is 71.8 Å². The van der Waals surface area contributed by atoms with Crippen LogP contribution in [0.4, 0.5) is 0 Å². The summed E-state index contributed by atoms with van der Waals surface area (Å²) in [5, 5.41) is 5.09. The summed E-state index contributed by atoms with van der Waals surface area (Å²) in [4.78, 5) is 12.0. The third-order valence-electron chi connectivity index (χ3n) is 4.00. The van der Waals surface area contributed by atoms with Crippen LogP contribution in [0.3, 0.4) is 0 Å². The molecule has 0 fully saturated rings. The van der Waals surface area contributed by atoms with E-state index in [9.17, 15) is 4.79 Å². The molecule has 0 aliphatic heterocycles. The zero-order valence-corrected chi connectivity index (χ0v) is 17.1. The SMILES string of the molecule is COc1cc(/C=N/NC(=O)c2ccccc2)ccc1OCc1ccc(Cl)cc1Cl. The van der Waals surface area contributed by atoms with E-state index in [-0.39, 0.29) is 12.5 Å². The molecule has 3 aromatic rings. The lowest BCUT2D eigenvalue weighted by molar-refractivity contribution is 0.0955. The molecule has 29 heavy (non-hydrogen) atoms. The molecule has 5 nitrogen and oxygen atoms in total. The van der Waals surface area contributed by atoms with Crippen LogP contribution in [-0.2, 0) is 6.61 Å². The molecule has 148 valence electrons. The zero-order valence-electron chi connectivity index (χ0n) is 15.6. The Kier molecular flexibility index (Phi) is 7.11. The molecule has 7 heteroatoms. The smallest absolute Gasteiger partial charge is 0.271 e. The monoisotopic (exact) mass is 428 g/mol. The Balaban J connectivity index is 1.64. The molecule has 1 N–H and O–H groups in total. The van der Waals surface area contributed by atoms with Crippen molar-refractivity contribution in [3.05, 3.63) is 93.5 Å². The average molecular weight is 429 g/mol. The number of hydrogen-bond acceptors (Lipinski definition) is 4. The largest absolute Gasteiger partial charge is 0.493 e. The van der Waals surface area contributed by atoms with Gasteiger partial charge < -0.3 is 9.47 Å². The van der Waals surface area contributed by atoms with E-state index in [0.29, 0.717) is 27.1 Å². The first-order valence-electron chi connectivity index (χ1n) is 8.70. The number of benzene rings is 3. The lowest BCUT2D eigenvalue weighted by Crippen LogP contribution is -2.17. The van der Waals surface area contributed by atoms with Crippen molar-refractivity contribution in [1.29, 1.82) is 0 Å². The molecular formula is C22H18Cl2N2O3. The number of ether oxygens (including phenoxy) is 2. The fourth-order valence-electron chi connectivity index (χ4n) is 2.50. The molecule has 3 aromatic carbocycles. The Morgan fingerprint density at radius 3 is 2.55 bits per heavy atom. The van der Waals surface area contributed by atoms with Crippen LogP contribution in [-0.4, -0.2) is 19.2 Å². The van der Waals surface area contributed by atoms with Gasteiger partial charge in [0.1, 0.15) is 6.61 Å². The molecule has 0 atom stereocenters. The van der Waals surface area contributed by atoms with Crippen LogP contribution >= 0.6 is 23.2 Å². The summed E-state index contributed by atoms with van der Waals surface area (Å²) in [6.07, 6.45) is 1.53. The minimum absolute atomic E-state index is 0.271. The second-order valence-corrected chi connectivity index (χ2v) is 6.84. The van der Waals surface area contributed by atoms with E-state index in [1.807, 2.05) is 12.1 Å². The van der Waals surface area contributed by atoms with E-state index in [1.165, 1.54) is 6.21 Å². The lowest BCUT2D eigenvalue weighted by atomic mass is 10.2. The molecule has 0 aliphatic carbocycles. The Hall–Kier alpha value is -3.02. The molecular weight excluding hydrogens is 411 g/mol. The highest BCUT2D eigenvalue weighted by atomic mass is 35.5. The minimum atomic E-state index is -0.284. The number of nitrogens with zero attached hydrogens (tertiary/aromatic N) is 1. The average Bonchev–Trinajstić information content (AvgIpc) is 2.74. The molecule has 0 bridgehead atoms. The van der Waals surface area contributed by atoms with Gasteiger partial charge in [0.05, 0.1) is 13.3 Å². The van der Waals surface area contributed by atoms with Gasteiger partial charge in [-0.25, -0.2) is 5.43 Å². The van der Waals surface area contributed by atoms with Crippen LogP contribution in [0.25, 0.3) is 0 Å². The van der Waals surface area contributed by atoms with E-state index in [2.05, 4.69) is 10.5 Å². The molecule has 0 saturated carbocycles. The van der Waals surface area contributed by atoms with Crippen LogP contribution in [0, 0.1) is 0 Å². The van der Waals surface area contributed by atoms with Crippen molar-refractivity contribution in [2.24, 2.45) is 5.10 Å². The molecule has 3 rings (SSSR count). The highest BCUT2D eigenvalue weighted by Crippen LogP contribution is 2.29. The number of hydrogen-bond donors (Lipinski definition) is 1. The fraction of sp³-hybridized carbons (Fsp3) is 0.0909. The van der Waals surface area contributed by atoms with Gasteiger partial charge in [0.25, 0.3) is 5.91 Å². The van der Waals surface area contributed by atoms with Gasteiger partial charge in [0, 0.05) is 21.2 Å². The van der Waals surface area contributed by atoms with Crippen molar-refractivity contribution in [2.45, 2.75) is 6.61 Å². The van der Waals surface area contributed by atoms with Gasteiger partial charge in [-0.1, -0.05) is 47.5 Å². The van der Waals surface area contributed by atoms with Crippen molar-refractivity contribution in [1.82, 2.24) is 5.43 Å². The lowest BCUT2D eigenvalue weighted by Gasteiger charge is -2.12. The Morgan fingerprint density at radius 2 is 1.83 bits per heavy atom. The third kappa shape index (κ3) is 5.73. The molecule has 0 heterocycles. The number of carbonyl (C=O) groups excluding carboxylic acids is 1. The Bertz CT molecular complexity index is 1020. The number of hydrazone groups is 1. The second-order valence-electron chi connectivity index (χ2n) is 6.00. The maximum absolute atomic E-state index is 12.0. The summed E-state index contributed by atoms with van der Waals surface area (Å²) >= 11 is 12.1. The number of carbonyl (C=O) groups is 1. The van der Waals surface area contributed by atoms with Crippen LogP contribution in [0.1, 0.15) is 21.5 Å². The van der Waals surface area contributed by atoms with Crippen molar-refractivity contribution in [3.8, 4) is 11.5 Å². The van der Waals surface area contributed by atoms with Gasteiger partial charge in [-0.3, -0.25) is 4.79 Å². The standard InChI is InChI=1S/C22H18Cl2N2O3/c1-28-21-11-15(13-25-26-22(27)16-5-3-2-4-6-16)7-10-20(21)29-14-17-8-9-18(23)12-19(17)24/h2-13H,14H2,1H3,(H,26,27)/b25-13+. The molecule has 0 saturated heterocycles. The first-order chi connectivity index (χ1) is 14.1. The van der Waals surface area contributed by atoms with Gasteiger partial charge >= 0.3 is 0 Å². The first kappa shape index (κ1) is 20.7. The quantitative estimate of drug-likeness (QED) is 0.407. The highest BCUT2D eigenvalue weighted by Gasteiger charge is 2.08. The molecule has 0 aliphatic rings. The van der Waals surface area contributed by atoms with Crippen LogP contribution in [0.5, 0.6) is 11.5 Å². The Morgan fingerprint density at radius 1 is 1.03 bits per heavy atom. The summed E-state index contributed by atoms with van der Waals surface area (Å²) < 4.78 is 11.2. The van der Waals surface area contributed by atoms with Crippen LogP contribution in [0.2, 0.25) is 10.0 Å². The van der Waals surface area contributed by atoms with Crippen molar-refractivity contribution in [2.75, 3.05) is 7.11 Å². The summed E-state index contributed by atoms with van der Waals surface area (Å²) in [6.45, 7) is 0.271. The summed E-state index contributed by atoms with van der Waals surface area (Å²) in [5.41, 5.74) is 4.58. The van der Waals surface area contributed by atoms with Gasteiger partial charge in [-0.2, -0.15) is 5.10 Å². The molecule has 0 radical (unpaired) electrons. The Labute approximate surface area is 178 Å². The summed E-state index contributed by atoms with van der Waals surface area (Å²) in [5.74, 6) is 0.811. The maximum atomic E-state index is 12.0. The van der Waals surface area contributed by atoms with Gasteiger partial charge in [0.15, 0.2) is 11.5 Å². The van der Waals surface area contributed by atoms with Gasteiger partial charge in [0.2, 0.25) is 0 Å². The number of halogens is 2. The minimum Gasteiger partial charge on any atom is -0.493 e. The first-order valence-corrected chi connectivity index (χ1v) is 9.45. The second kappa shape index (κ2) is 9.96. The van der Waals surface area contributed by atoms with E-state index in [0.717, 1.165) is 11.1 Å². The van der Waals surface area contributed by atoms with E-state index >= 15 is 0 Å². The van der Waals surface area contributed by atoms with Gasteiger partial charge in [-0.05, 0) is 48.0 Å². The fourth-order valence-corrected chi connectivity index (χ4v) is 2.96. The van der Waals surface area contributed by atoms with Crippen molar-refractivity contribution in [3.63, 3.8) is 0 Å². The predicted molar refractivity (Wildman–Crippen MR) is 115 cm³/mol. The van der Waals surface area contributed by atoms with Crippen molar-refractivity contribution < 1.29 is 14.3 Å². The normalized spacial score (nSPS) is 10.7. The van der Waals surface area contributed by atoms with E-state index in [4.69, 9.17) is 32.7 Å². The molecule has 0 spiro atoms. The van der Waals surface area contributed by atoms with Gasteiger partial charge in [-0.15, -0.1) is 0 Å². The van der Waals surface area contributed by atoms with Crippen LogP contribution < -0.4 is 14.9 Å². The zero-order chi connectivity index (χ0) is 20.6. The van der Waals surface area contributed by atoms with E-state index < -0.39 is 0 Å². The highest BCUT2D eigenvalue weighted by molar-refractivity contribution is 6.35. The van der Waals surface area contributed by atoms with Crippen molar-refractivity contribution >= 4 is 35.3 Å². The molecule has 0 aromatic heterocycles. The number of amides is 1. The summed E-state index contributed by atoms with van der Waals surface area (Å²) in [6, 6.07) is 19.4. The third-order valence-corrected chi connectivity index (χ3v) is 4.59. The number of rotatable bonds is 7. The predicted octanol–water partition coefficient (Wildman–Crippen LogP) is 5.34. The maximum Gasteiger partial charge on any atom is 0.271 e.